The molecule has 0 aliphatic carbocycles. The fraction of sp³-hybridized carbons (Fsp3) is 0.263. The van der Waals surface area contributed by atoms with Crippen molar-refractivity contribution in [3.8, 4) is 11.5 Å². The van der Waals surface area contributed by atoms with Crippen LogP contribution in [0, 0.1) is 6.92 Å². The number of hydrogen-bond acceptors (Lipinski definition) is 5. The van der Waals surface area contributed by atoms with Crippen LogP contribution in [0.25, 0.3) is 0 Å². The molecule has 0 spiro atoms. The van der Waals surface area contributed by atoms with Gasteiger partial charge in [-0.2, -0.15) is 0 Å². The van der Waals surface area contributed by atoms with E-state index in [4.69, 9.17) is 32.7 Å². The van der Waals surface area contributed by atoms with E-state index < -0.39 is 6.04 Å². The maximum absolute atomic E-state index is 12.9. The molecule has 1 N–H and O–H groups in total. The van der Waals surface area contributed by atoms with Crippen molar-refractivity contribution in [2.45, 2.75) is 19.4 Å². The predicted octanol–water partition coefficient (Wildman–Crippen LogP) is 4.06. The second kappa shape index (κ2) is 7.66. The fourth-order valence-electron chi connectivity index (χ4n) is 2.94. The van der Waals surface area contributed by atoms with Gasteiger partial charge in [-0.15, -0.1) is 0 Å². The quantitative estimate of drug-likeness (QED) is 0.755. The molecule has 1 fully saturated rings. The number of hydrogen-bond donors (Lipinski definition) is 1. The number of aryl methyl sites for hydroxylation is 1. The molecule has 0 unspecified atom stereocenters. The molecule has 1 heterocycles. The third-order valence-electron chi connectivity index (χ3n) is 4.34. The minimum absolute atomic E-state index is 0.0211. The maximum atomic E-state index is 12.9. The summed E-state index contributed by atoms with van der Waals surface area (Å²) < 4.78 is 10.4. The molecule has 6 nitrogen and oxygen atoms in total. The van der Waals surface area contributed by atoms with Crippen LogP contribution in [0.15, 0.2) is 30.3 Å². The van der Waals surface area contributed by atoms with Crippen LogP contribution in [0.5, 0.6) is 11.5 Å². The summed E-state index contributed by atoms with van der Waals surface area (Å²) in [5, 5.41) is 3.96. The van der Waals surface area contributed by atoms with Crippen molar-refractivity contribution in [2.24, 2.45) is 0 Å². The van der Waals surface area contributed by atoms with E-state index >= 15 is 0 Å². The third-order valence-corrected chi connectivity index (χ3v) is 5.04. The van der Waals surface area contributed by atoms with Crippen LogP contribution in [0.1, 0.15) is 12.0 Å². The van der Waals surface area contributed by atoms with E-state index in [2.05, 4.69) is 5.32 Å². The highest BCUT2D eigenvalue weighted by Crippen LogP contribution is 2.37. The second-order valence-corrected chi connectivity index (χ2v) is 6.91. The molecule has 1 atom stereocenters. The van der Waals surface area contributed by atoms with Gasteiger partial charge in [0.15, 0.2) is 0 Å². The number of amides is 2. The first-order chi connectivity index (χ1) is 12.8. The number of rotatable bonds is 5. The maximum Gasteiger partial charge on any atom is 0.256 e. The lowest BCUT2D eigenvalue weighted by atomic mass is 10.2. The van der Waals surface area contributed by atoms with Gasteiger partial charge in [0.1, 0.15) is 17.5 Å². The highest BCUT2D eigenvalue weighted by molar-refractivity contribution is 6.32. The molecular weight excluding hydrogens is 391 g/mol. The Morgan fingerprint density at radius 3 is 2.37 bits per heavy atom. The first-order valence-electron chi connectivity index (χ1n) is 8.16. The topological polar surface area (TPSA) is 67.9 Å². The lowest BCUT2D eigenvalue weighted by molar-refractivity contribution is -0.121. The van der Waals surface area contributed by atoms with Crippen molar-refractivity contribution in [3.63, 3.8) is 0 Å². The van der Waals surface area contributed by atoms with Crippen molar-refractivity contribution in [3.05, 3.63) is 45.9 Å². The number of nitrogens with one attached hydrogen (secondary N) is 1. The lowest BCUT2D eigenvalue weighted by Gasteiger charge is -2.20. The summed E-state index contributed by atoms with van der Waals surface area (Å²) in [6, 6.07) is 7.63. The molecule has 1 aliphatic rings. The SMILES string of the molecule is COc1ccc(N[C@H]2CC(=O)N(c3cc(C)c(Cl)cc3OC)C2=O)cc1Cl. The normalized spacial score (nSPS) is 16.6. The number of nitrogens with zero attached hydrogens (tertiary/aromatic N) is 1. The summed E-state index contributed by atoms with van der Waals surface area (Å²) in [4.78, 5) is 26.6. The number of methoxy groups -OCH3 is 2. The Hall–Kier alpha value is -2.44. The van der Waals surface area contributed by atoms with Gasteiger partial charge in [-0.3, -0.25) is 9.59 Å². The number of imide groups is 1. The highest BCUT2D eigenvalue weighted by Gasteiger charge is 2.41. The Balaban J connectivity index is 1.88. The molecule has 0 saturated carbocycles. The molecule has 0 radical (unpaired) electrons. The average Bonchev–Trinajstić information content (AvgIpc) is 2.90. The molecule has 0 bridgehead atoms. The Morgan fingerprint density at radius 1 is 1.04 bits per heavy atom. The zero-order valence-electron chi connectivity index (χ0n) is 15.0. The van der Waals surface area contributed by atoms with Gasteiger partial charge in [-0.1, -0.05) is 23.2 Å². The van der Waals surface area contributed by atoms with Gasteiger partial charge in [-0.05, 0) is 36.8 Å². The summed E-state index contributed by atoms with van der Waals surface area (Å²) in [6.45, 7) is 1.80. The molecule has 2 aromatic rings. The Bertz CT molecular complexity index is 917. The standard InChI is InChI=1S/C19H18Cl2N2O4/c1-10-6-15(17(27-3)8-12(10)20)23-18(24)9-14(19(23)25)22-11-4-5-16(26-2)13(21)7-11/h4-8,14,22H,9H2,1-3H3/t14-/m0/s1. The van der Waals surface area contributed by atoms with Crippen LogP contribution in [0.2, 0.25) is 10.0 Å². The number of benzene rings is 2. The molecule has 0 aromatic heterocycles. The fourth-order valence-corrected chi connectivity index (χ4v) is 3.35. The molecule has 3 rings (SSSR count). The lowest BCUT2D eigenvalue weighted by Crippen LogP contribution is -2.35. The molecule has 1 saturated heterocycles. The second-order valence-electron chi connectivity index (χ2n) is 6.09. The smallest absolute Gasteiger partial charge is 0.256 e. The van der Waals surface area contributed by atoms with E-state index in [-0.39, 0.29) is 18.2 Å². The largest absolute Gasteiger partial charge is 0.495 e. The van der Waals surface area contributed by atoms with Crippen molar-refractivity contribution in [2.75, 3.05) is 24.4 Å². The van der Waals surface area contributed by atoms with Gasteiger partial charge in [0.05, 0.1) is 31.4 Å². The number of ether oxygens (including phenoxy) is 2. The summed E-state index contributed by atoms with van der Waals surface area (Å²) in [6.07, 6.45) is 0.0211. The van der Waals surface area contributed by atoms with Crippen LogP contribution in [0.4, 0.5) is 11.4 Å². The highest BCUT2D eigenvalue weighted by atomic mass is 35.5. The average molecular weight is 409 g/mol. The number of carbonyl (C=O) groups excluding carboxylic acids is 2. The van der Waals surface area contributed by atoms with Crippen molar-refractivity contribution < 1.29 is 19.1 Å². The number of carbonyl (C=O) groups is 2. The minimum atomic E-state index is -0.706. The van der Waals surface area contributed by atoms with E-state index in [0.29, 0.717) is 32.9 Å². The van der Waals surface area contributed by atoms with Crippen molar-refractivity contribution in [1.29, 1.82) is 0 Å². The summed E-state index contributed by atoms with van der Waals surface area (Å²) in [7, 11) is 2.98. The Labute approximate surface area is 167 Å². The van der Waals surface area contributed by atoms with E-state index in [9.17, 15) is 9.59 Å². The Kier molecular flexibility index (Phi) is 5.48. The summed E-state index contributed by atoms with van der Waals surface area (Å²) in [5.74, 6) is 0.198. The van der Waals surface area contributed by atoms with Crippen molar-refractivity contribution in [1.82, 2.24) is 0 Å². The van der Waals surface area contributed by atoms with Crippen molar-refractivity contribution >= 4 is 46.4 Å². The van der Waals surface area contributed by atoms with Crippen LogP contribution >= 0.6 is 23.2 Å². The van der Waals surface area contributed by atoms with Crippen LogP contribution in [-0.4, -0.2) is 32.1 Å². The van der Waals surface area contributed by atoms with Gasteiger partial charge in [0.2, 0.25) is 5.91 Å². The summed E-state index contributed by atoms with van der Waals surface area (Å²) >= 11 is 12.2. The van der Waals surface area contributed by atoms with Crippen LogP contribution in [0.3, 0.4) is 0 Å². The molecule has 1 aliphatic heterocycles. The van der Waals surface area contributed by atoms with E-state index in [1.54, 1.807) is 37.3 Å². The number of halogens is 2. The van der Waals surface area contributed by atoms with Gasteiger partial charge in [0.25, 0.3) is 5.91 Å². The van der Waals surface area contributed by atoms with Crippen LogP contribution < -0.4 is 19.7 Å². The van der Waals surface area contributed by atoms with Gasteiger partial charge < -0.3 is 14.8 Å². The van der Waals surface area contributed by atoms with E-state index in [1.165, 1.54) is 14.2 Å². The van der Waals surface area contributed by atoms with E-state index in [1.807, 2.05) is 0 Å². The van der Waals surface area contributed by atoms with Gasteiger partial charge in [0, 0.05) is 16.8 Å². The van der Waals surface area contributed by atoms with Gasteiger partial charge >= 0.3 is 0 Å². The predicted molar refractivity (Wildman–Crippen MR) is 105 cm³/mol. The minimum Gasteiger partial charge on any atom is -0.495 e. The first-order valence-corrected chi connectivity index (χ1v) is 8.92. The molecule has 8 heteroatoms. The number of anilines is 2. The molecule has 2 amide bonds. The van der Waals surface area contributed by atoms with Crippen LogP contribution in [-0.2, 0) is 9.59 Å². The zero-order valence-corrected chi connectivity index (χ0v) is 16.5. The first kappa shape index (κ1) is 19.3. The van der Waals surface area contributed by atoms with Gasteiger partial charge in [-0.25, -0.2) is 4.90 Å². The monoisotopic (exact) mass is 408 g/mol. The molecule has 2 aromatic carbocycles. The molecular formula is C19H18Cl2N2O4. The molecule has 142 valence electrons. The third kappa shape index (κ3) is 3.68. The zero-order chi connectivity index (χ0) is 19.7. The van der Waals surface area contributed by atoms with E-state index in [0.717, 1.165) is 10.5 Å². The Morgan fingerprint density at radius 2 is 1.74 bits per heavy atom. The molecule has 27 heavy (non-hydrogen) atoms. The summed E-state index contributed by atoms with van der Waals surface area (Å²) in [5.41, 5.74) is 1.74.